The Kier molecular flexibility index (Phi) is 5.99. The fourth-order valence-corrected chi connectivity index (χ4v) is 1.93. The lowest BCUT2D eigenvalue weighted by Crippen LogP contribution is -2.41. The number of ether oxygens (including phenoxy) is 1. The Morgan fingerprint density at radius 2 is 2.00 bits per heavy atom. The monoisotopic (exact) mass is 269 g/mol. The molecule has 0 aromatic heterocycles. The van der Waals surface area contributed by atoms with Gasteiger partial charge >= 0.3 is 0 Å². The van der Waals surface area contributed by atoms with Crippen LogP contribution in [0.1, 0.15) is 27.2 Å². The summed E-state index contributed by atoms with van der Waals surface area (Å²) in [5.41, 5.74) is 0. The topological polar surface area (TPSA) is 29.5 Å². The molecule has 1 unspecified atom stereocenters. The Morgan fingerprint density at radius 3 is 2.50 bits per heavy atom. The van der Waals surface area contributed by atoms with Gasteiger partial charge in [-0.05, 0) is 38.5 Å². The highest BCUT2D eigenvalue weighted by atomic mass is 35.5. The van der Waals surface area contributed by atoms with Gasteiger partial charge < -0.3 is 9.64 Å². The van der Waals surface area contributed by atoms with Crippen LogP contribution in [0.15, 0.2) is 24.3 Å². The second kappa shape index (κ2) is 7.27. The predicted molar refractivity (Wildman–Crippen MR) is 74.1 cm³/mol. The van der Waals surface area contributed by atoms with Gasteiger partial charge in [0.1, 0.15) is 5.75 Å². The zero-order chi connectivity index (χ0) is 13.5. The van der Waals surface area contributed by atoms with Crippen LogP contribution in [0, 0.1) is 0 Å². The largest absolute Gasteiger partial charge is 0.481 e. The molecule has 0 heterocycles. The third-order valence-corrected chi connectivity index (χ3v) is 3.03. The Labute approximate surface area is 114 Å². The molecule has 0 radical (unpaired) electrons. The van der Waals surface area contributed by atoms with Gasteiger partial charge in [0, 0.05) is 18.1 Å². The minimum atomic E-state index is -0.441. The summed E-state index contributed by atoms with van der Waals surface area (Å²) in [5.74, 6) is 0.664. The molecule has 0 fully saturated rings. The number of halogens is 1. The van der Waals surface area contributed by atoms with E-state index in [0.29, 0.717) is 30.3 Å². The molecule has 1 rings (SSSR count). The molecule has 0 N–H and O–H groups in total. The lowest BCUT2D eigenvalue weighted by Gasteiger charge is -2.25. The van der Waals surface area contributed by atoms with Gasteiger partial charge in [-0.2, -0.15) is 0 Å². The quantitative estimate of drug-likeness (QED) is 0.792. The SMILES string of the molecule is CCC(Oc1cccc(Cl)c1)C(=O)N(CC)CC. The van der Waals surface area contributed by atoms with E-state index in [1.807, 2.05) is 32.9 Å². The molecule has 0 aliphatic heterocycles. The first-order valence-corrected chi connectivity index (χ1v) is 6.71. The summed E-state index contributed by atoms with van der Waals surface area (Å²) in [6, 6.07) is 7.12. The number of carbonyl (C=O) groups excluding carboxylic acids is 1. The Bertz CT molecular complexity index is 391. The molecule has 1 amide bonds. The van der Waals surface area contributed by atoms with Crippen molar-refractivity contribution in [3.8, 4) is 5.75 Å². The Morgan fingerprint density at radius 1 is 1.33 bits per heavy atom. The van der Waals surface area contributed by atoms with Crippen LogP contribution in [-0.2, 0) is 4.79 Å². The maximum absolute atomic E-state index is 12.2. The van der Waals surface area contributed by atoms with Crippen LogP contribution in [0.2, 0.25) is 5.02 Å². The zero-order valence-corrected chi connectivity index (χ0v) is 11.9. The number of hydrogen-bond donors (Lipinski definition) is 0. The van der Waals surface area contributed by atoms with Crippen molar-refractivity contribution < 1.29 is 9.53 Å². The van der Waals surface area contributed by atoms with E-state index in [-0.39, 0.29) is 5.91 Å². The first-order valence-electron chi connectivity index (χ1n) is 6.33. The highest BCUT2D eigenvalue weighted by Crippen LogP contribution is 2.19. The average Bonchev–Trinajstić information content (AvgIpc) is 2.37. The first kappa shape index (κ1) is 14.8. The molecule has 0 spiro atoms. The smallest absolute Gasteiger partial charge is 0.263 e. The second-order valence-corrected chi connectivity index (χ2v) is 4.42. The van der Waals surface area contributed by atoms with Crippen LogP contribution >= 0.6 is 11.6 Å². The number of amides is 1. The van der Waals surface area contributed by atoms with Crippen molar-refractivity contribution >= 4 is 17.5 Å². The summed E-state index contributed by atoms with van der Waals surface area (Å²) in [7, 11) is 0. The maximum atomic E-state index is 12.2. The molecule has 1 aromatic carbocycles. The fraction of sp³-hybridized carbons (Fsp3) is 0.500. The van der Waals surface area contributed by atoms with Crippen LogP contribution < -0.4 is 4.74 Å². The molecule has 0 aliphatic rings. The van der Waals surface area contributed by atoms with Crippen LogP contribution in [0.4, 0.5) is 0 Å². The van der Waals surface area contributed by atoms with Crippen molar-refractivity contribution in [2.45, 2.75) is 33.3 Å². The van der Waals surface area contributed by atoms with Crippen molar-refractivity contribution in [3.05, 3.63) is 29.3 Å². The minimum Gasteiger partial charge on any atom is -0.481 e. The third-order valence-electron chi connectivity index (χ3n) is 2.80. The summed E-state index contributed by atoms with van der Waals surface area (Å²) in [6.45, 7) is 7.27. The zero-order valence-electron chi connectivity index (χ0n) is 11.1. The average molecular weight is 270 g/mol. The van der Waals surface area contributed by atoms with Gasteiger partial charge in [-0.3, -0.25) is 4.79 Å². The van der Waals surface area contributed by atoms with E-state index in [1.165, 1.54) is 0 Å². The van der Waals surface area contributed by atoms with Crippen molar-refractivity contribution in [2.24, 2.45) is 0 Å². The third kappa shape index (κ3) is 3.91. The van der Waals surface area contributed by atoms with Crippen LogP contribution in [0.25, 0.3) is 0 Å². The summed E-state index contributed by atoms with van der Waals surface area (Å²) in [6.07, 6.45) is 0.199. The van der Waals surface area contributed by atoms with E-state index < -0.39 is 6.10 Å². The molecule has 0 aliphatic carbocycles. The van der Waals surface area contributed by atoms with Crippen LogP contribution in [-0.4, -0.2) is 30.0 Å². The standard InChI is InChI=1S/C14H20ClNO2/c1-4-13(14(17)16(5-2)6-3)18-12-9-7-8-11(15)10-12/h7-10,13H,4-6H2,1-3H3. The second-order valence-electron chi connectivity index (χ2n) is 3.98. The minimum absolute atomic E-state index is 0.0301. The molecule has 0 saturated heterocycles. The van der Waals surface area contributed by atoms with Crippen molar-refractivity contribution in [3.63, 3.8) is 0 Å². The molecule has 1 atom stereocenters. The van der Waals surface area contributed by atoms with Gasteiger partial charge in [0.15, 0.2) is 6.10 Å². The number of likely N-dealkylation sites (N-methyl/N-ethyl adjacent to an activating group) is 1. The summed E-state index contributed by atoms with van der Waals surface area (Å²) in [5, 5.41) is 0.609. The molecule has 1 aromatic rings. The molecule has 3 nitrogen and oxygen atoms in total. The number of benzene rings is 1. The van der Waals surface area contributed by atoms with Gasteiger partial charge in [-0.15, -0.1) is 0 Å². The first-order chi connectivity index (χ1) is 8.62. The normalized spacial score (nSPS) is 12.0. The fourth-order valence-electron chi connectivity index (χ4n) is 1.75. The van der Waals surface area contributed by atoms with Gasteiger partial charge in [0.25, 0.3) is 5.91 Å². The number of carbonyl (C=O) groups is 1. The van der Waals surface area contributed by atoms with Gasteiger partial charge in [-0.25, -0.2) is 0 Å². The number of hydrogen-bond acceptors (Lipinski definition) is 2. The Hall–Kier alpha value is -1.22. The lowest BCUT2D eigenvalue weighted by atomic mass is 10.2. The molecule has 0 saturated carbocycles. The highest BCUT2D eigenvalue weighted by molar-refractivity contribution is 6.30. The molecule has 4 heteroatoms. The predicted octanol–water partition coefficient (Wildman–Crippen LogP) is 3.37. The Balaban J connectivity index is 2.75. The maximum Gasteiger partial charge on any atom is 0.263 e. The number of nitrogens with zero attached hydrogens (tertiary/aromatic N) is 1. The van der Waals surface area contributed by atoms with E-state index in [0.717, 1.165) is 0 Å². The molecule has 0 bridgehead atoms. The van der Waals surface area contributed by atoms with Crippen LogP contribution in [0.3, 0.4) is 0 Å². The summed E-state index contributed by atoms with van der Waals surface area (Å²) in [4.78, 5) is 14.0. The lowest BCUT2D eigenvalue weighted by molar-refractivity contribution is -0.138. The van der Waals surface area contributed by atoms with E-state index in [2.05, 4.69) is 0 Å². The van der Waals surface area contributed by atoms with Gasteiger partial charge in [0.2, 0.25) is 0 Å². The molecular weight excluding hydrogens is 250 g/mol. The van der Waals surface area contributed by atoms with E-state index >= 15 is 0 Å². The van der Waals surface area contributed by atoms with Crippen molar-refractivity contribution in [1.29, 1.82) is 0 Å². The summed E-state index contributed by atoms with van der Waals surface area (Å²) >= 11 is 5.89. The van der Waals surface area contributed by atoms with Crippen LogP contribution in [0.5, 0.6) is 5.75 Å². The van der Waals surface area contributed by atoms with Crippen molar-refractivity contribution in [1.82, 2.24) is 4.90 Å². The number of rotatable bonds is 6. The molecular formula is C14H20ClNO2. The molecule has 100 valence electrons. The van der Waals surface area contributed by atoms with Gasteiger partial charge in [0.05, 0.1) is 0 Å². The van der Waals surface area contributed by atoms with Crippen molar-refractivity contribution in [2.75, 3.05) is 13.1 Å². The summed E-state index contributed by atoms with van der Waals surface area (Å²) < 4.78 is 5.72. The van der Waals surface area contributed by atoms with E-state index in [4.69, 9.17) is 16.3 Å². The van der Waals surface area contributed by atoms with E-state index in [9.17, 15) is 4.79 Å². The highest BCUT2D eigenvalue weighted by Gasteiger charge is 2.22. The van der Waals surface area contributed by atoms with E-state index in [1.54, 1.807) is 17.0 Å². The van der Waals surface area contributed by atoms with Gasteiger partial charge in [-0.1, -0.05) is 24.6 Å². The molecule has 18 heavy (non-hydrogen) atoms.